The number of halogens is 2. The Kier molecular flexibility index (Phi) is 3.31. The Morgan fingerprint density at radius 2 is 1.76 bits per heavy atom. The number of carbonyl (C=O) groups is 1. The van der Waals surface area contributed by atoms with Gasteiger partial charge in [-0.2, -0.15) is 0 Å². The van der Waals surface area contributed by atoms with Crippen LogP contribution in [0.1, 0.15) is 15.9 Å². The number of anilines is 1. The first-order chi connectivity index (χ1) is 8.11. The minimum atomic E-state index is -0.266. The van der Waals surface area contributed by atoms with Crippen LogP contribution in [0.3, 0.4) is 0 Å². The van der Waals surface area contributed by atoms with Crippen LogP contribution in [-0.2, 0) is 0 Å². The number of hydrogen-bond acceptors (Lipinski definition) is 3. The molecule has 2 aromatic rings. The van der Waals surface area contributed by atoms with E-state index in [0.29, 0.717) is 16.3 Å². The maximum absolute atomic E-state index is 12.2. The molecule has 0 bridgehead atoms. The first kappa shape index (κ1) is 11.9. The van der Waals surface area contributed by atoms with E-state index in [1.54, 1.807) is 24.3 Å². The van der Waals surface area contributed by atoms with E-state index in [1.165, 1.54) is 12.4 Å². The molecule has 0 aliphatic heterocycles. The number of carbonyl (C=O) groups excluding carboxylic acids is 1. The van der Waals surface area contributed by atoms with Gasteiger partial charge in [0, 0.05) is 23.6 Å². The Morgan fingerprint density at radius 3 is 2.41 bits per heavy atom. The molecule has 1 heterocycles. The van der Waals surface area contributed by atoms with Crippen LogP contribution in [0, 0.1) is 0 Å². The fraction of sp³-hybridized carbons (Fsp3) is 0. The Morgan fingerprint density at radius 1 is 1.12 bits per heavy atom. The third-order valence-corrected chi connectivity index (χ3v) is 3.10. The van der Waals surface area contributed by atoms with Gasteiger partial charge in [-0.25, -0.2) is 0 Å². The molecule has 0 amide bonds. The molecular weight excluding hydrogens is 259 g/mol. The number of rotatable bonds is 2. The maximum atomic E-state index is 12.2. The van der Waals surface area contributed by atoms with Gasteiger partial charge in [-0.1, -0.05) is 23.2 Å². The lowest BCUT2D eigenvalue weighted by Crippen LogP contribution is -2.06. The van der Waals surface area contributed by atoms with Crippen LogP contribution >= 0.6 is 23.2 Å². The third kappa shape index (κ3) is 2.25. The molecule has 3 nitrogen and oxygen atoms in total. The van der Waals surface area contributed by atoms with Crippen LogP contribution in [0.5, 0.6) is 0 Å². The summed E-state index contributed by atoms with van der Waals surface area (Å²) in [4.78, 5) is 16.0. The number of benzene rings is 1. The number of aromatic nitrogens is 1. The number of ketones is 1. The first-order valence-electron chi connectivity index (χ1n) is 4.79. The predicted octanol–water partition coefficient (Wildman–Crippen LogP) is 3.20. The van der Waals surface area contributed by atoms with Crippen molar-refractivity contribution < 1.29 is 4.79 Å². The summed E-state index contributed by atoms with van der Waals surface area (Å²) >= 11 is 11.9. The number of nitrogen functional groups attached to an aromatic ring is 1. The molecule has 0 atom stereocenters. The van der Waals surface area contributed by atoms with Gasteiger partial charge in [-0.05, 0) is 24.3 Å². The molecule has 0 radical (unpaired) electrons. The molecule has 0 aliphatic rings. The van der Waals surface area contributed by atoms with E-state index in [1.807, 2.05) is 0 Å². The van der Waals surface area contributed by atoms with E-state index in [0.717, 1.165) is 0 Å². The van der Waals surface area contributed by atoms with Crippen molar-refractivity contribution in [2.45, 2.75) is 0 Å². The van der Waals surface area contributed by atoms with Gasteiger partial charge in [0.1, 0.15) is 0 Å². The van der Waals surface area contributed by atoms with Gasteiger partial charge in [0.15, 0.2) is 5.78 Å². The summed E-state index contributed by atoms with van der Waals surface area (Å²) in [5.74, 6) is -0.266. The molecule has 17 heavy (non-hydrogen) atoms. The summed E-state index contributed by atoms with van der Waals surface area (Å²) in [6.45, 7) is 0. The van der Waals surface area contributed by atoms with Crippen LogP contribution < -0.4 is 5.73 Å². The molecule has 0 fully saturated rings. The molecule has 0 unspecified atom stereocenters. The van der Waals surface area contributed by atoms with Gasteiger partial charge in [0.25, 0.3) is 0 Å². The highest BCUT2D eigenvalue weighted by atomic mass is 35.5. The van der Waals surface area contributed by atoms with Crippen molar-refractivity contribution in [1.29, 1.82) is 0 Å². The molecule has 0 spiro atoms. The Balaban J connectivity index is 2.56. The minimum absolute atomic E-state index is 0.175. The first-order valence-corrected chi connectivity index (χ1v) is 5.55. The lowest BCUT2D eigenvalue weighted by molar-refractivity contribution is 0.103. The molecule has 2 rings (SSSR count). The van der Waals surface area contributed by atoms with Crippen LogP contribution in [0.15, 0.2) is 36.7 Å². The highest BCUT2D eigenvalue weighted by Gasteiger charge is 2.18. The summed E-state index contributed by atoms with van der Waals surface area (Å²) in [5, 5.41) is 0.478. The van der Waals surface area contributed by atoms with E-state index in [9.17, 15) is 4.79 Å². The standard InChI is InChI=1S/C12H8Cl2N2O/c13-8-1-2-9(15)10(11(8)14)12(17)7-3-5-16-6-4-7/h1-6H,15H2. The molecule has 2 N–H and O–H groups in total. The molecule has 1 aromatic carbocycles. The lowest BCUT2D eigenvalue weighted by atomic mass is 10.0. The van der Waals surface area contributed by atoms with Crippen molar-refractivity contribution in [3.8, 4) is 0 Å². The second-order valence-electron chi connectivity index (χ2n) is 3.39. The molecule has 0 saturated heterocycles. The largest absolute Gasteiger partial charge is 0.398 e. The molecular formula is C12H8Cl2N2O. The van der Waals surface area contributed by atoms with Gasteiger partial charge in [0.05, 0.1) is 15.6 Å². The van der Waals surface area contributed by atoms with E-state index < -0.39 is 0 Å². The van der Waals surface area contributed by atoms with Crippen LogP contribution in [0.2, 0.25) is 10.0 Å². The van der Waals surface area contributed by atoms with Crippen molar-refractivity contribution in [2.75, 3.05) is 5.73 Å². The van der Waals surface area contributed by atoms with Crippen molar-refractivity contribution in [2.24, 2.45) is 0 Å². The average molecular weight is 267 g/mol. The van der Waals surface area contributed by atoms with Crippen LogP contribution in [0.25, 0.3) is 0 Å². The Hall–Kier alpha value is -1.58. The molecule has 86 valence electrons. The smallest absolute Gasteiger partial charge is 0.196 e. The summed E-state index contributed by atoms with van der Waals surface area (Å²) in [6.07, 6.45) is 3.06. The van der Waals surface area contributed by atoms with Crippen LogP contribution in [0.4, 0.5) is 5.69 Å². The molecule has 0 saturated carbocycles. The van der Waals surface area contributed by atoms with Gasteiger partial charge < -0.3 is 5.73 Å². The summed E-state index contributed by atoms with van der Waals surface area (Å²) in [5.41, 5.74) is 6.75. The fourth-order valence-corrected chi connectivity index (χ4v) is 1.86. The topological polar surface area (TPSA) is 56.0 Å². The second kappa shape index (κ2) is 4.73. The summed E-state index contributed by atoms with van der Waals surface area (Å²) in [7, 11) is 0. The van der Waals surface area contributed by atoms with Crippen molar-refractivity contribution in [3.05, 3.63) is 57.8 Å². The van der Waals surface area contributed by atoms with E-state index in [-0.39, 0.29) is 16.4 Å². The van der Waals surface area contributed by atoms with Crippen molar-refractivity contribution >= 4 is 34.7 Å². The van der Waals surface area contributed by atoms with Gasteiger partial charge in [0.2, 0.25) is 0 Å². The Bertz CT molecular complexity index is 570. The SMILES string of the molecule is Nc1ccc(Cl)c(Cl)c1C(=O)c1ccncc1. The maximum Gasteiger partial charge on any atom is 0.196 e. The predicted molar refractivity (Wildman–Crippen MR) is 68.5 cm³/mol. The Labute approximate surface area is 108 Å². The number of pyridine rings is 1. The number of hydrogen-bond donors (Lipinski definition) is 1. The zero-order valence-corrected chi connectivity index (χ0v) is 10.2. The third-order valence-electron chi connectivity index (χ3n) is 2.30. The highest BCUT2D eigenvalue weighted by Crippen LogP contribution is 2.31. The van der Waals surface area contributed by atoms with Crippen molar-refractivity contribution in [1.82, 2.24) is 4.98 Å². The van der Waals surface area contributed by atoms with Gasteiger partial charge in [-0.3, -0.25) is 9.78 Å². The number of nitrogens with two attached hydrogens (primary N) is 1. The second-order valence-corrected chi connectivity index (χ2v) is 4.18. The van der Waals surface area contributed by atoms with E-state index in [4.69, 9.17) is 28.9 Å². The normalized spacial score (nSPS) is 10.2. The minimum Gasteiger partial charge on any atom is -0.398 e. The summed E-state index contributed by atoms with van der Waals surface area (Å²) < 4.78 is 0. The zero-order valence-electron chi connectivity index (χ0n) is 8.65. The van der Waals surface area contributed by atoms with Gasteiger partial charge >= 0.3 is 0 Å². The monoisotopic (exact) mass is 266 g/mol. The van der Waals surface area contributed by atoms with Crippen LogP contribution in [-0.4, -0.2) is 10.8 Å². The van der Waals surface area contributed by atoms with Gasteiger partial charge in [-0.15, -0.1) is 0 Å². The zero-order chi connectivity index (χ0) is 12.4. The summed E-state index contributed by atoms with van der Waals surface area (Å²) in [6, 6.07) is 6.31. The molecule has 5 heteroatoms. The van der Waals surface area contributed by atoms with E-state index in [2.05, 4.69) is 4.98 Å². The lowest BCUT2D eigenvalue weighted by Gasteiger charge is -2.08. The quantitative estimate of drug-likeness (QED) is 0.671. The molecule has 1 aromatic heterocycles. The molecule has 0 aliphatic carbocycles. The highest BCUT2D eigenvalue weighted by molar-refractivity contribution is 6.45. The van der Waals surface area contributed by atoms with E-state index >= 15 is 0 Å². The fourth-order valence-electron chi connectivity index (χ4n) is 1.44. The van der Waals surface area contributed by atoms with Crippen molar-refractivity contribution in [3.63, 3.8) is 0 Å². The number of nitrogens with zero attached hydrogens (tertiary/aromatic N) is 1. The average Bonchev–Trinajstić information content (AvgIpc) is 2.35.